The molecular weight excluding hydrogens is 335 g/mol. The third-order valence-corrected chi connectivity index (χ3v) is 4.40. The summed E-state index contributed by atoms with van der Waals surface area (Å²) in [6.45, 7) is 8.57. The first-order chi connectivity index (χ1) is 12.4. The molecule has 3 rings (SSSR count). The van der Waals surface area contributed by atoms with Crippen LogP contribution < -0.4 is 5.32 Å². The number of hydrogen-bond donors (Lipinski definition) is 1. The number of halogens is 1. The minimum atomic E-state index is -0.417. The van der Waals surface area contributed by atoms with Crippen LogP contribution in [0.2, 0.25) is 0 Å². The van der Waals surface area contributed by atoms with Gasteiger partial charge in [0.15, 0.2) is 0 Å². The zero-order valence-corrected chi connectivity index (χ0v) is 15.2. The maximum Gasteiger partial charge on any atom is 0.290 e. The van der Waals surface area contributed by atoms with E-state index in [-0.39, 0.29) is 17.5 Å². The van der Waals surface area contributed by atoms with Gasteiger partial charge in [0.2, 0.25) is 5.76 Å². The van der Waals surface area contributed by atoms with E-state index < -0.39 is 11.7 Å². The molecule has 1 N–H and O–H groups in total. The first-order valence-corrected chi connectivity index (χ1v) is 8.48. The predicted octanol–water partition coefficient (Wildman–Crippen LogP) is 3.80. The second-order valence-corrected chi connectivity index (χ2v) is 6.15. The largest absolute Gasteiger partial charge is 0.350 e. The van der Waals surface area contributed by atoms with Crippen molar-refractivity contribution in [2.24, 2.45) is 0 Å². The summed E-state index contributed by atoms with van der Waals surface area (Å²) < 4.78 is 20.9. The van der Waals surface area contributed by atoms with Crippen LogP contribution in [0.15, 0.2) is 34.9 Å². The first kappa shape index (κ1) is 17.8. The fourth-order valence-electron chi connectivity index (χ4n) is 3.16. The number of benzene rings is 1. The molecule has 26 heavy (non-hydrogen) atoms. The topological polar surface area (TPSA) is 73.0 Å². The van der Waals surface area contributed by atoms with E-state index >= 15 is 0 Å². The molecule has 0 spiro atoms. The lowest BCUT2D eigenvalue weighted by molar-refractivity contribution is 0.0902. The number of amides is 1. The van der Waals surface area contributed by atoms with Gasteiger partial charge < -0.3 is 9.84 Å². The Hall–Kier alpha value is -2.96. The number of nitrogens with one attached hydrogen (secondary N) is 1. The lowest BCUT2D eigenvalue weighted by Crippen LogP contribution is -2.27. The van der Waals surface area contributed by atoms with Crippen LogP contribution in [-0.2, 0) is 6.54 Å². The highest BCUT2D eigenvalue weighted by atomic mass is 19.1. The zero-order valence-electron chi connectivity index (χ0n) is 15.2. The second kappa shape index (κ2) is 7.11. The normalized spacial score (nSPS) is 12.2. The van der Waals surface area contributed by atoms with E-state index in [1.165, 1.54) is 12.1 Å². The summed E-state index contributed by atoms with van der Waals surface area (Å²) in [7, 11) is 0. The molecule has 0 aliphatic carbocycles. The Labute approximate surface area is 151 Å². The monoisotopic (exact) mass is 356 g/mol. The van der Waals surface area contributed by atoms with Crippen LogP contribution in [0.3, 0.4) is 0 Å². The van der Waals surface area contributed by atoms with Gasteiger partial charge in [-0.2, -0.15) is 5.10 Å². The Balaban J connectivity index is 1.79. The highest BCUT2D eigenvalue weighted by Gasteiger charge is 2.22. The standard InChI is InChI=1S/C19H21FN4O2/c1-5-24-13(4)18(12(3)22-24)11(2)21-19(25)17-10-16(23-26-17)14-8-6-7-9-15(14)20/h6-11H,5H2,1-4H3,(H,21,25)/t11-/m1/s1. The quantitative estimate of drug-likeness (QED) is 0.754. The van der Waals surface area contributed by atoms with E-state index in [2.05, 4.69) is 15.6 Å². The number of hydrogen-bond acceptors (Lipinski definition) is 4. The number of rotatable bonds is 5. The predicted molar refractivity (Wildman–Crippen MR) is 95.2 cm³/mol. The van der Waals surface area contributed by atoms with Crippen molar-refractivity contribution in [2.75, 3.05) is 0 Å². The summed E-state index contributed by atoms with van der Waals surface area (Å²) in [6, 6.07) is 7.41. The van der Waals surface area contributed by atoms with E-state index in [1.807, 2.05) is 32.4 Å². The summed E-state index contributed by atoms with van der Waals surface area (Å²) in [5, 5.41) is 11.2. The molecule has 0 bridgehead atoms. The van der Waals surface area contributed by atoms with E-state index in [4.69, 9.17) is 4.52 Å². The smallest absolute Gasteiger partial charge is 0.290 e. The molecule has 7 heteroatoms. The molecule has 1 aromatic carbocycles. The van der Waals surface area contributed by atoms with Gasteiger partial charge >= 0.3 is 0 Å². The zero-order chi connectivity index (χ0) is 18.8. The van der Waals surface area contributed by atoms with Crippen LogP contribution in [0.1, 0.15) is 47.4 Å². The van der Waals surface area contributed by atoms with E-state index in [0.717, 1.165) is 23.5 Å². The lowest BCUT2D eigenvalue weighted by atomic mass is 10.1. The van der Waals surface area contributed by atoms with Crippen molar-refractivity contribution in [3.63, 3.8) is 0 Å². The van der Waals surface area contributed by atoms with E-state index in [1.54, 1.807) is 18.2 Å². The van der Waals surface area contributed by atoms with E-state index in [9.17, 15) is 9.18 Å². The number of nitrogens with zero attached hydrogens (tertiary/aromatic N) is 3. The third-order valence-electron chi connectivity index (χ3n) is 4.40. The van der Waals surface area contributed by atoms with Gasteiger partial charge in [-0.3, -0.25) is 9.48 Å². The van der Waals surface area contributed by atoms with Gasteiger partial charge in [0.25, 0.3) is 5.91 Å². The van der Waals surface area contributed by atoms with Crippen LogP contribution >= 0.6 is 0 Å². The molecule has 6 nitrogen and oxygen atoms in total. The van der Waals surface area contributed by atoms with Crippen molar-refractivity contribution in [3.05, 3.63) is 58.9 Å². The molecule has 1 atom stereocenters. The van der Waals surface area contributed by atoms with Crippen molar-refractivity contribution in [2.45, 2.75) is 40.3 Å². The molecule has 0 saturated heterocycles. The van der Waals surface area contributed by atoms with Gasteiger partial charge in [-0.05, 0) is 39.8 Å². The molecule has 0 unspecified atom stereocenters. The summed E-state index contributed by atoms with van der Waals surface area (Å²) >= 11 is 0. The van der Waals surface area contributed by atoms with Gasteiger partial charge in [-0.25, -0.2) is 4.39 Å². The number of aryl methyl sites for hydroxylation is 2. The van der Waals surface area contributed by atoms with Gasteiger partial charge in [0.05, 0.1) is 11.7 Å². The number of aromatic nitrogens is 3. The summed E-state index contributed by atoms with van der Waals surface area (Å²) in [6.07, 6.45) is 0. The van der Waals surface area contributed by atoms with Crippen LogP contribution in [0.4, 0.5) is 4.39 Å². The molecule has 0 fully saturated rings. The second-order valence-electron chi connectivity index (χ2n) is 6.15. The Kier molecular flexibility index (Phi) is 4.88. The minimum absolute atomic E-state index is 0.0355. The highest BCUT2D eigenvalue weighted by Crippen LogP contribution is 2.24. The molecule has 0 saturated carbocycles. The Morgan fingerprint density at radius 1 is 1.35 bits per heavy atom. The Morgan fingerprint density at radius 2 is 2.08 bits per heavy atom. The molecule has 3 aromatic rings. The fraction of sp³-hybridized carbons (Fsp3) is 0.316. The van der Waals surface area contributed by atoms with Crippen LogP contribution in [0, 0.1) is 19.7 Å². The molecule has 1 amide bonds. The first-order valence-electron chi connectivity index (χ1n) is 8.48. The molecule has 0 radical (unpaired) electrons. The number of carbonyl (C=O) groups excluding carboxylic acids is 1. The molecular formula is C19H21FN4O2. The maximum absolute atomic E-state index is 13.9. The van der Waals surface area contributed by atoms with Crippen LogP contribution in [0.25, 0.3) is 11.3 Å². The molecule has 2 aromatic heterocycles. The summed E-state index contributed by atoms with van der Waals surface area (Å²) in [5.41, 5.74) is 3.45. The lowest BCUT2D eigenvalue weighted by Gasteiger charge is -2.13. The fourth-order valence-corrected chi connectivity index (χ4v) is 3.16. The van der Waals surface area contributed by atoms with Crippen molar-refractivity contribution in [1.82, 2.24) is 20.3 Å². The van der Waals surface area contributed by atoms with Crippen LogP contribution in [-0.4, -0.2) is 20.8 Å². The van der Waals surface area contributed by atoms with Gasteiger partial charge in [-0.1, -0.05) is 17.3 Å². The third kappa shape index (κ3) is 3.24. The van der Waals surface area contributed by atoms with Gasteiger partial charge in [0.1, 0.15) is 11.5 Å². The number of carbonyl (C=O) groups is 1. The summed E-state index contributed by atoms with van der Waals surface area (Å²) in [4.78, 5) is 12.5. The molecule has 0 aliphatic heterocycles. The van der Waals surface area contributed by atoms with Crippen molar-refractivity contribution in [1.29, 1.82) is 0 Å². The van der Waals surface area contributed by atoms with Gasteiger partial charge in [0, 0.05) is 29.4 Å². The average Bonchev–Trinajstić information content (AvgIpc) is 3.20. The minimum Gasteiger partial charge on any atom is -0.350 e. The maximum atomic E-state index is 13.9. The van der Waals surface area contributed by atoms with Gasteiger partial charge in [-0.15, -0.1) is 0 Å². The highest BCUT2D eigenvalue weighted by molar-refractivity contribution is 5.92. The van der Waals surface area contributed by atoms with E-state index in [0.29, 0.717) is 5.56 Å². The Bertz CT molecular complexity index is 945. The van der Waals surface area contributed by atoms with Crippen molar-refractivity contribution in [3.8, 4) is 11.3 Å². The van der Waals surface area contributed by atoms with Crippen LogP contribution in [0.5, 0.6) is 0 Å². The molecule has 2 heterocycles. The SMILES string of the molecule is CCn1nc(C)c([C@@H](C)NC(=O)c2cc(-c3ccccc3F)no2)c1C. The van der Waals surface area contributed by atoms with Crippen molar-refractivity contribution >= 4 is 5.91 Å². The Morgan fingerprint density at radius 3 is 2.73 bits per heavy atom. The molecule has 0 aliphatic rings. The van der Waals surface area contributed by atoms with Crippen molar-refractivity contribution < 1.29 is 13.7 Å². The average molecular weight is 356 g/mol. The summed E-state index contributed by atoms with van der Waals surface area (Å²) in [5.74, 6) is -0.789. The molecule has 136 valence electrons.